The monoisotopic (exact) mass is 194 g/mol. The maximum Gasteiger partial charge on any atom is 0.227 e. The van der Waals surface area contributed by atoms with Gasteiger partial charge in [0, 0.05) is 13.0 Å². The van der Waals surface area contributed by atoms with E-state index in [0.29, 0.717) is 24.1 Å². The Kier molecular flexibility index (Phi) is 2.27. The van der Waals surface area contributed by atoms with E-state index in [2.05, 4.69) is 10.3 Å². The standard InChI is InChI=1S/C10H14N2O2/c1-6-9(14-7(2)11-6)5-10(13)12-8-3-4-8/h8H,3-5H2,1-2H3,(H,12,13). The van der Waals surface area contributed by atoms with Crippen molar-refractivity contribution < 1.29 is 9.21 Å². The minimum Gasteiger partial charge on any atom is -0.445 e. The fourth-order valence-corrected chi connectivity index (χ4v) is 1.39. The molecule has 0 aliphatic heterocycles. The van der Waals surface area contributed by atoms with Gasteiger partial charge in [0.25, 0.3) is 0 Å². The van der Waals surface area contributed by atoms with Crippen LogP contribution in [-0.2, 0) is 11.2 Å². The molecule has 0 spiro atoms. The predicted octanol–water partition coefficient (Wildman–Crippen LogP) is 1.11. The third kappa shape index (κ3) is 2.13. The summed E-state index contributed by atoms with van der Waals surface area (Å²) in [5, 5.41) is 2.91. The molecule has 0 saturated heterocycles. The lowest BCUT2D eigenvalue weighted by atomic mass is 10.2. The number of aryl methyl sites for hydroxylation is 2. The number of amides is 1. The molecule has 1 heterocycles. The van der Waals surface area contributed by atoms with Crippen LogP contribution in [0, 0.1) is 13.8 Å². The Balaban J connectivity index is 1.95. The first-order valence-electron chi connectivity index (χ1n) is 4.87. The van der Waals surface area contributed by atoms with E-state index in [0.717, 1.165) is 18.5 Å². The van der Waals surface area contributed by atoms with Gasteiger partial charge in [-0.3, -0.25) is 4.79 Å². The van der Waals surface area contributed by atoms with Crippen molar-refractivity contribution in [2.24, 2.45) is 0 Å². The van der Waals surface area contributed by atoms with Crippen molar-refractivity contribution in [3.63, 3.8) is 0 Å². The molecule has 1 amide bonds. The van der Waals surface area contributed by atoms with E-state index >= 15 is 0 Å². The first-order chi connectivity index (χ1) is 6.65. The number of hydrogen-bond acceptors (Lipinski definition) is 3. The van der Waals surface area contributed by atoms with Crippen LogP contribution in [0.5, 0.6) is 0 Å². The predicted molar refractivity (Wildman–Crippen MR) is 50.8 cm³/mol. The summed E-state index contributed by atoms with van der Waals surface area (Å²) in [5.74, 6) is 1.34. The van der Waals surface area contributed by atoms with Gasteiger partial charge in [-0.25, -0.2) is 4.98 Å². The lowest BCUT2D eigenvalue weighted by molar-refractivity contribution is -0.120. The highest BCUT2D eigenvalue weighted by Gasteiger charge is 2.24. The average Bonchev–Trinajstić information content (AvgIpc) is 2.81. The largest absolute Gasteiger partial charge is 0.445 e. The van der Waals surface area contributed by atoms with Crippen LogP contribution >= 0.6 is 0 Å². The average molecular weight is 194 g/mol. The molecule has 1 aromatic rings. The Hall–Kier alpha value is -1.32. The number of oxazole rings is 1. The van der Waals surface area contributed by atoms with Crippen molar-refractivity contribution in [1.29, 1.82) is 0 Å². The molecular weight excluding hydrogens is 180 g/mol. The molecule has 0 bridgehead atoms. The van der Waals surface area contributed by atoms with E-state index in [9.17, 15) is 4.79 Å². The normalized spacial score (nSPS) is 15.6. The molecule has 4 heteroatoms. The summed E-state index contributed by atoms with van der Waals surface area (Å²) in [5.41, 5.74) is 0.813. The molecule has 1 aliphatic carbocycles. The molecule has 0 aromatic carbocycles. The number of aromatic nitrogens is 1. The van der Waals surface area contributed by atoms with Crippen LogP contribution in [-0.4, -0.2) is 16.9 Å². The number of nitrogens with one attached hydrogen (secondary N) is 1. The highest BCUT2D eigenvalue weighted by molar-refractivity contribution is 5.78. The lowest BCUT2D eigenvalue weighted by Crippen LogP contribution is -2.27. The number of rotatable bonds is 3. The Bertz CT molecular complexity index is 353. The molecule has 0 radical (unpaired) electrons. The molecule has 1 N–H and O–H groups in total. The molecule has 2 rings (SSSR count). The fourth-order valence-electron chi connectivity index (χ4n) is 1.39. The van der Waals surface area contributed by atoms with Crippen molar-refractivity contribution in [3.05, 3.63) is 17.3 Å². The Morgan fingerprint density at radius 3 is 2.79 bits per heavy atom. The summed E-state index contributed by atoms with van der Waals surface area (Å²) in [6.45, 7) is 3.64. The summed E-state index contributed by atoms with van der Waals surface area (Å²) in [7, 11) is 0. The maximum atomic E-state index is 11.4. The Morgan fingerprint density at radius 2 is 2.29 bits per heavy atom. The van der Waals surface area contributed by atoms with Gasteiger partial charge < -0.3 is 9.73 Å². The first kappa shape index (κ1) is 9.24. The Morgan fingerprint density at radius 1 is 1.57 bits per heavy atom. The van der Waals surface area contributed by atoms with Gasteiger partial charge in [-0.15, -0.1) is 0 Å². The van der Waals surface area contributed by atoms with E-state index in [1.807, 2.05) is 6.92 Å². The van der Waals surface area contributed by atoms with Gasteiger partial charge in [0.05, 0.1) is 12.1 Å². The summed E-state index contributed by atoms with van der Waals surface area (Å²) >= 11 is 0. The lowest BCUT2D eigenvalue weighted by Gasteiger charge is -2.00. The van der Waals surface area contributed by atoms with E-state index in [1.54, 1.807) is 6.92 Å². The summed E-state index contributed by atoms with van der Waals surface area (Å²) in [6, 6.07) is 0.409. The third-order valence-electron chi connectivity index (χ3n) is 2.26. The fraction of sp³-hybridized carbons (Fsp3) is 0.600. The number of nitrogens with zero attached hydrogens (tertiary/aromatic N) is 1. The van der Waals surface area contributed by atoms with Crippen molar-refractivity contribution in [2.45, 2.75) is 39.2 Å². The van der Waals surface area contributed by atoms with Crippen LogP contribution in [0.15, 0.2) is 4.42 Å². The van der Waals surface area contributed by atoms with Crippen LogP contribution < -0.4 is 5.32 Å². The second kappa shape index (κ2) is 3.44. The topological polar surface area (TPSA) is 55.1 Å². The third-order valence-corrected chi connectivity index (χ3v) is 2.26. The van der Waals surface area contributed by atoms with E-state index in [1.165, 1.54) is 0 Å². The molecule has 4 nitrogen and oxygen atoms in total. The quantitative estimate of drug-likeness (QED) is 0.784. The van der Waals surface area contributed by atoms with Gasteiger partial charge in [0.15, 0.2) is 5.89 Å². The molecule has 14 heavy (non-hydrogen) atoms. The number of hydrogen-bond donors (Lipinski definition) is 1. The van der Waals surface area contributed by atoms with Gasteiger partial charge in [0.1, 0.15) is 5.76 Å². The van der Waals surface area contributed by atoms with Crippen molar-refractivity contribution in [3.8, 4) is 0 Å². The maximum absolute atomic E-state index is 11.4. The Labute approximate surface area is 82.7 Å². The van der Waals surface area contributed by atoms with Crippen LogP contribution in [0.4, 0.5) is 0 Å². The molecule has 0 atom stereocenters. The second-order valence-electron chi connectivity index (χ2n) is 3.76. The van der Waals surface area contributed by atoms with Crippen LogP contribution in [0.25, 0.3) is 0 Å². The highest BCUT2D eigenvalue weighted by atomic mass is 16.4. The smallest absolute Gasteiger partial charge is 0.227 e. The van der Waals surface area contributed by atoms with Gasteiger partial charge in [0.2, 0.25) is 5.91 Å². The van der Waals surface area contributed by atoms with Gasteiger partial charge in [-0.1, -0.05) is 0 Å². The summed E-state index contributed by atoms with van der Waals surface area (Å²) in [4.78, 5) is 15.5. The highest BCUT2D eigenvalue weighted by Crippen LogP contribution is 2.19. The molecule has 76 valence electrons. The summed E-state index contributed by atoms with van der Waals surface area (Å²) in [6.07, 6.45) is 2.53. The molecule has 0 unspecified atom stereocenters. The molecular formula is C10H14N2O2. The van der Waals surface area contributed by atoms with E-state index in [4.69, 9.17) is 4.42 Å². The first-order valence-corrected chi connectivity index (χ1v) is 4.87. The van der Waals surface area contributed by atoms with E-state index < -0.39 is 0 Å². The van der Waals surface area contributed by atoms with Crippen molar-refractivity contribution in [1.82, 2.24) is 10.3 Å². The number of carbonyl (C=O) groups excluding carboxylic acids is 1. The van der Waals surface area contributed by atoms with E-state index in [-0.39, 0.29) is 5.91 Å². The molecule has 1 aliphatic rings. The van der Waals surface area contributed by atoms with Crippen LogP contribution in [0.3, 0.4) is 0 Å². The van der Waals surface area contributed by atoms with Crippen LogP contribution in [0.2, 0.25) is 0 Å². The minimum atomic E-state index is 0.0340. The SMILES string of the molecule is Cc1nc(C)c(CC(=O)NC2CC2)o1. The molecule has 1 aromatic heterocycles. The van der Waals surface area contributed by atoms with Gasteiger partial charge in [-0.05, 0) is 19.8 Å². The van der Waals surface area contributed by atoms with Gasteiger partial charge in [-0.2, -0.15) is 0 Å². The van der Waals surface area contributed by atoms with Crippen molar-refractivity contribution >= 4 is 5.91 Å². The minimum absolute atomic E-state index is 0.0340. The van der Waals surface area contributed by atoms with Crippen LogP contribution in [0.1, 0.15) is 30.2 Å². The zero-order valence-electron chi connectivity index (χ0n) is 8.46. The zero-order chi connectivity index (χ0) is 10.1. The zero-order valence-corrected chi connectivity index (χ0v) is 8.46. The molecule has 1 saturated carbocycles. The second-order valence-corrected chi connectivity index (χ2v) is 3.76. The molecule has 1 fully saturated rings. The number of carbonyl (C=O) groups is 1. The van der Waals surface area contributed by atoms with Gasteiger partial charge >= 0.3 is 0 Å². The van der Waals surface area contributed by atoms with Crippen molar-refractivity contribution in [2.75, 3.05) is 0 Å². The summed E-state index contributed by atoms with van der Waals surface area (Å²) < 4.78 is 5.31.